The van der Waals surface area contributed by atoms with Gasteiger partial charge in [-0.15, -0.1) is 0 Å². The van der Waals surface area contributed by atoms with Gasteiger partial charge in [0, 0.05) is 12.6 Å². The molecule has 1 aliphatic carbocycles. The summed E-state index contributed by atoms with van der Waals surface area (Å²) in [5.41, 5.74) is 0. The lowest BCUT2D eigenvalue weighted by molar-refractivity contribution is -0.145. The molecular weight excluding hydrogens is 218 g/mol. The van der Waals surface area contributed by atoms with Gasteiger partial charge in [0.1, 0.15) is 0 Å². The average Bonchev–Trinajstić information content (AvgIpc) is 3.03. The fourth-order valence-electron chi connectivity index (χ4n) is 2.44. The third-order valence-electron chi connectivity index (χ3n) is 3.46. The zero-order valence-electron chi connectivity index (χ0n) is 10.9. The topological polar surface area (TPSA) is 38.8 Å². The van der Waals surface area contributed by atoms with Crippen molar-refractivity contribution < 1.29 is 14.3 Å². The summed E-state index contributed by atoms with van der Waals surface area (Å²) in [5.74, 6) is -0.106. The van der Waals surface area contributed by atoms with Crippen molar-refractivity contribution in [2.45, 2.75) is 57.8 Å². The lowest BCUT2D eigenvalue weighted by Crippen LogP contribution is -2.38. The van der Waals surface area contributed by atoms with Gasteiger partial charge in [-0.2, -0.15) is 0 Å². The van der Waals surface area contributed by atoms with E-state index in [4.69, 9.17) is 9.47 Å². The van der Waals surface area contributed by atoms with Gasteiger partial charge in [-0.3, -0.25) is 9.69 Å². The maximum atomic E-state index is 11.5. The Balaban J connectivity index is 1.78. The maximum Gasteiger partial charge on any atom is 0.320 e. The van der Waals surface area contributed by atoms with Crippen molar-refractivity contribution in [2.75, 3.05) is 19.7 Å². The van der Waals surface area contributed by atoms with Crippen LogP contribution in [0.15, 0.2) is 0 Å². The van der Waals surface area contributed by atoms with Crippen LogP contribution in [0.3, 0.4) is 0 Å². The van der Waals surface area contributed by atoms with E-state index in [0.29, 0.717) is 31.4 Å². The van der Waals surface area contributed by atoms with Gasteiger partial charge in [-0.25, -0.2) is 0 Å². The van der Waals surface area contributed by atoms with Gasteiger partial charge in [0.25, 0.3) is 0 Å². The first kappa shape index (κ1) is 12.8. The smallest absolute Gasteiger partial charge is 0.320 e. The minimum Gasteiger partial charge on any atom is -0.465 e. The summed E-state index contributed by atoms with van der Waals surface area (Å²) >= 11 is 0. The second-order valence-corrected chi connectivity index (χ2v) is 5.11. The zero-order chi connectivity index (χ0) is 12.3. The van der Waals surface area contributed by atoms with Gasteiger partial charge in [0.15, 0.2) is 0 Å². The highest BCUT2D eigenvalue weighted by Crippen LogP contribution is 2.29. The van der Waals surface area contributed by atoms with Crippen LogP contribution in [0.1, 0.15) is 39.5 Å². The summed E-state index contributed by atoms with van der Waals surface area (Å²) in [5, 5.41) is 0. The second kappa shape index (κ2) is 5.83. The van der Waals surface area contributed by atoms with E-state index in [9.17, 15) is 4.79 Å². The van der Waals surface area contributed by atoms with Crippen molar-refractivity contribution in [1.82, 2.24) is 4.90 Å². The molecule has 0 aromatic rings. The Bertz CT molecular complexity index is 265. The molecule has 17 heavy (non-hydrogen) atoms. The maximum absolute atomic E-state index is 11.5. The molecule has 4 nitrogen and oxygen atoms in total. The number of carbonyl (C=O) groups excluding carboxylic acids is 1. The number of ether oxygens (including phenoxy) is 2. The zero-order valence-corrected chi connectivity index (χ0v) is 10.9. The van der Waals surface area contributed by atoms with Crippen molar-refractivity contribution in [1.29, 1.82) is 0 Å². The predicted octanol–water partition coefficient (Wildman–Crippen LogP) is 1.58. The Kier molecular flexibility index (Phi) is 4.40. The van der Waals surface area contributed by atoms with Gasteiger partial charge in [-0.05, 0) is 39.5 Å². The van der Waals surface area contributed by atoms with Crippen LogP contribution < -0.4 is 0 Å². The van der Waals surface area contributed by atoms with Crippen LogP contribution in [0.5, 0.6) is 0 Å². The van der Waals surface area contributed by atoms with E-state index in [1.54, 1.807) is 0 Å². The molecule has 2 rings (SSSR count). The lowest BCUT2D eigenvalue weighted by Gasteiger charge is -2.24. The van der Waals surface area contributed by atoms with E-state index in [1.165, 1.54) is 12.8 Å². The van der Waals surface area contributed by atoms with Crippen LogP contribution in [0, 0.1) is 0 Å². The largest absolute Gasteiger partial charge is 0.465 e. The average molecular weight is 241 g/mol. The monoisotopic (exact) mass is 241 g/mol. The normalized spacial score (nSPS) is 28.6. The molecule has 98 valence electrons. The first-order chi connectivity index (χ1) is 8.19. The van der Waals surface area contributed by atoms with Gasteiger partial charge >= 0.3 is 5.97 Å². The van der Waals surface area contributed by atoms with E-state index in [-0.39, 0.29) is 5.97 Å². The molecular formula is C13H23NO3. The molecule has 1 heterocycles. The van der Waals surface area contributed by atoms with Crippen LogP contribution in [-0.4, -0.2) is 48.8 Å². The molecule has 1 aliphatic heterocycles. The van der Waals surface area contributed by atoms with Crippen molar-refractivity contribution >= 4 is 5.97 Å². The molecule has 0 bridgehead atoms. The van der Waals surface area contributed by atoms with Crippen LogP contribution in [0.4, 0.5) is 0 Å². The Morgan fingerprint density at radius 3 is 2.65 bits per heavy atom. The molecule has 0 aromatic carbocycles. The Morgan fingerprint density at radius 1 is 1.35 bits per heavy atom. The summed E-state index contributed by atoms with van der Waals surface area (Å²) in [6, 6.07) is 0.582. The summed E-state index contributed by atoms with van der Waals surface area (Å²) in [7, 11) is 0. The van der Waals surface area contributed by atoms with Crippen molar-refractivity contribution in [2.24, 2.45) is 0 Å². The second-order valence-electron chi connectivity index (χ2n) is 5.11. The summed E-state index contributed by atoms with van der Waals surface area (Å²) in [6.07, 6.45) is 5.36. The predicted molar refractivity (Wildman–Crippen MR) is 64.8 cm³/mol. The number of hydrogen-bond donors (Lipinski definition) is 0. The van der Waals surface area contributed by atoms with Crippen LogP contribution in [-0.2, 0) is 14.3 Å². The van der Waals surface area contributed by atoms with Crippen molar-refractivity contribution in [3.05, 3.63) is 0 Å². The minimum atomic E-state index is -0.106. The van der Waals surface area contributed by atoms with E-state index in [2.05, 4.69) is 11.8 Å². The molecule has 1 saturated carbocycles. The van der Waals surface area contributed by atoms with Gasteiger partial charge in [-0.1, -0.05) is 0 Å². The highest BCUT2D eigenvalue weighted by atomic mass is 16.5. The number of carbonyl (C=O) groups is 1. The van der Waals surface area contributed by atoms with E-state index in [1.807, 2.05) is 6.92 Å². The lowest BCUT2D eigenvalue weighted by atomic mass is 10.2. The van der Waals surface area contributed by atoms with E-state index in [0.717, 1.165) is 19.4 Å². The third-order valence-corrected chi connectivity index (χ3v) is 3.46. The Morgan fingerprint density at radius 2 is 2.12 bits per heavy atom. The van der Waals surface area contributed by atoms with Crippen molar-refractivity contribution in [3.8, 4) is 0 Å². The molecule has 2 atom stereocenters. The SMILES string of the molecule is CCOC(=O)CN(CC1CCC(C)O1)C1CC1. The third kappa shape index (κ3) is 3.96. The molecule has 0 spiro atoms. The first-order valence-corrected chi connectivity index (χ1v) is 6.74. The number of hydrogen-bond acceptors (Lipinski definition) is 4. The molecule has 1 saturated heterocycles. The number of rotatable bonds is 6. The fourth-order valence-corrected chi connectivity index (χ4v) is 2.44. The highest BCUT2D eigenvalue weighted by Gasteiger charge is 2.34. The Labute approximate surface area is 103 Å². The standard InChI is InChI=1S/C13H23NO3/c1-3-16-13(15)9-14(11-5-6-11)8-12-7-4-10(2)17-12/h10-12H,3-9H2,1-2H3. The van der Waals surface area contributed by atoms with E-state index < -0.39 is 0 Å². The molecule has 0 amide bonds. The molecule has 2 aliphatic rings. The van der Waals surface area contributed by atoms with E-state index >= 15 is 0 Å². The first-order valence-electron chi connectivity index (χ1n) is 6.74. The van der Waals surface area contributed by atoms with Crippen molar-refractivity contribution in [3.63, 3.8) is 0 Å². The quantitative estimate of drug-likeness (QED) is 0.662. The molecule has 0 aromatic heterocycles. The van der Waals surface area contributed by atoms with Crippen LogP contribution in [0.2, 0.25) is 0 Å². The summed E-state index contributed by atoms with van der Waals surface area (Å²) in [4.78, 5) is 13.8. The van der Waals surface area contributed by atoms with Crippen LogP contribution in [0.25, 0.3) is 0 Å². The molecule has 0 N–H and O–H groups in total. The van der Waals surface area contributed by atoms with Gasteiger partial charge in [0.2, 0.25) is 0 Å². The molecule has 2 fully saturated rings. The molecule has 0 radical (unpaired) electrons. The minimum absolute atomic E-state index is 0.106. The molecule has 4 heteroatoms. The van der Waals surface area contributed by atoms with Gasteiger partial charge < -0.3 is 9.47 Å². The number of esters is 1. The summed E-state index contributed by atoms with van der Waals surface area (Å²) < 4.78 is 10.8. The fraction of sp³-hybridized carbons (Fsp3) is 0.923. The number of nitrogens with zero attached hydrogens (tertiary/aromatic N) is 1. The Hall–Kier alpha value is -0.610. The summed E-state index contributed by atoms with van der Waals surface area (Å²) in [6.45, 7) is 5.74. The van der Waals surface area contributed by atoms with Crippen LogP contribution >= 0.6 is 0 Å². The highest BCUT2D eigenvalue weighted by molar-refractivity contribution is 5.71. The van der Waals surface area contributed by atoms with Gasteiger partial charge in [0.05, 0.1) is 25.4 Å². The molecule has 2 unspecified atom stereocenters.